The van der Waals surface area contributed by atoms with Crippen LogP contribution in [0.4, 0.5) is 0 Å². The Hall–Kier alpha value is -2.72. The SMILES string of the molecule is Cc1cc(Cn2c(=O)c3cc(S(=O)(=O)NC4(C)CC4)ccc3n(C)c2=O)on1. The third-order valence-corrected chi connectivity index (χ3v) is 6.64. The molecule has 3 aromatic rings. The number of nitrogens with zero attached hydrogens (tertiary/aromatic N) is 3. The molecule has 10 heteroatoms. The highest BCUT2D eigenvalue weighted by molar-refractivity contribution is 7.89. The predicted molar refractivity (Wildman–Crippen MR) is 102 cm³/mol. The van der Waals surface area contributed by atoms with Crippen molar-refractivity contribution < 1.29 is 12.9 Å². The molecule has 1 aliphatic carbocycles. The summed E-state index contributed by atoms with van der Waals surface area (Å²) in [6.45, 7) is 3.48. The Morgan fingerprint density at radius 3 is 2.57 bits per heavy atom. The first-order valence-corrected chi connectivity index (χ1v) is 10.3. The summed E-state index contributed by atoms with van der Waals surface area (Å²) in [6, 6.07) is 5.83. The van der Waals surface area contributed by atoms with Gasteiger partial charge in [0.25, 0.3) is 5.56 Å². The topological polar surface area (TPSA) is 116 Å². The highest BCUT2D eigenvalue weighted by atomic mass is 32.2. The van der Waals surface area contributed by atoms with E-state index in [1.54, 1.807) is 13.0 Å². The maximum atomic E-state index is 13.0. The maximum absolute atomic E-state index is 13.0. The molecule has 0 atom stereocenters. The molecule has 1 N–H and O–H groups in total. The van der Waals surface area contributed by atoms with Crippen molar-refractivity contribution >= 4 is 20.9 Å². The number of aromatic nitrogens is 3. The second kappa shape index (κ2) is 6.14. The molecule has 148 valence electrons. The number of aryl methyl sites for hydroxylation is 2. The van der Waals surface area contributed by atoms with Crippen LogP contribution in [0.1, 0.15) is 31.2 Å². The van der Waals surface area contributed by atoms with Crippen LogP contribution in [0.2, 0.25) is 0 Å². The lowest BCUT2D eigenvalue weighted by molar-refractivity contribution is 0.369. The molecule has 9 nitrogen and oxygen atoms in total. The monoisotopic (exact) mass is 404 g/mol. The standard InChI is InChI=1S/C18H20N4O5S/c1-11-8-12(27-19-11)10-22-16(23)14-9-13(4-5-15(14)21(3)17(22)24)28(25,26)20-18(2)6-7-18/h4-5,8-9,20H,6-7,10H2,1-3H3. The van der Waals surface area contributed by atoms with E-state index in [4.69, 9.17) is 4.52 Å². The third kappa shape index (κ3) is 3.18. The number of nitrogens with one attached hydrogen (secondary N) is 1. The summed E-state index contributed by atoms with van der Waals surface area (Å²) in [5, 5.41) is 3.90. The van der Waals surface area contributed by atoms with Gasteiger partial charge in [-0.3, -0.25) is 13.9 Å². The molecule has 0 saturated heterocycles. The van der Waals surface area contributed by atoms with E-state index in [1.807, 2.05) is 6.92 Å². The summed E-state index contributed by atoms with van der Waals surface area (Å²) in [4.78, 5) is 25.6. The average Bonchev–Trinajstić information content (AvgIpc) is 3.20. The second-order valence-electron chi connectivity index (χ2n) is 7.51. The summed E-state index contributed by atoms with van der Waals surface area (Å²) in [5.74, 6) is 0.364. The summed E-state index contributed by atoms with van der Waals surface area (Å²) in [7, 11) is -2.24. The number of hydrogen-bond acceptors (Lipinski definition) is 6. The largest absolute Gasteiger partial charge is 0.359 e. The van der Waals surface area contributed by atoms with Crippen LogP contribution in [-0.2, 0) is 23.6 Å². The molecule has 1 saturated carbocycles. The van der Waals surface area contributed by atoms with Crippen molar-refractivity contribution in [3.63, 3.8) is 0 Å². The third-order valence-electron chi connectivity index (χ3n) is 5.00. The molecule has 2 heterocycles. The van der Waals surface area contributed by atoms with Crippen LogP contribution in [-0.4, -0.2) is 28.2 Å². The Kier molecular flexibility index (Phi) is 4.09. The fourth-order valence-corrected chi connectivity index (χ4v) is 4.61. The van der Waals surface area contributed by atoms with Crippen molar-refractivity contribution in [1.29, 1.82) is 0 Å². The zero-order valence-electron chi connectivity index (χ0n) is 15.7. The minimum absolute atomic E-state index is 0.00839. The van der Waals surface area contributed by atoms with E-state index in [0.717, 1.165) is 17.4 Å². The van der Waals surface area contributed by atoms with Gasteiger partial charge in [0.2, 0.25) is 10.0 Å². The van der Waals surface area contributed by atoms with E-state index in [9.17, 15) is 18.0 Å². The van der Waals surface area contributed by atoms with Crippen LogP contribution >= 0.6 is 0 Å². The molecule has 0 radical (unpaired) electrons. The zero-order valence-corrected chi connectivity index (χ0v) is 16.5. The molecule has 0 aliphatic heterocycles. The Bertz CT molecular complexity index is 1310. The van der Waals surface area contributed by atoms with Crippen LogP contribution in [0.3, 0.4) is 0 Å². The molecular weight excluding hydrogens is 384 g/mol. The van der Waals surface area contributed by atoms with Gasteiger partial charge in [-0.15, -0.1) is 0 Å². The normalized spacial score (nSPS) is 15.8. The highest BCUT2D eigenvalue weighted by Crippen LogP contribution is 2.36. The molecule has 28 heavy (non-hydrogen) atoms. The van der Waals surface area contributed by atoms with Crippen molar-refractivity contribution in [3.05, 3.63) is 56.6 Å². The van der Waals surface area contributed by atoms with Gasteiger partial charge < -0.3 is 4.52 Å². The Morgan fingerprint density at radius 1 is 1.25 bits per heavy atom. The second-order valence-corrected chi connectivity index (χ2v) is 9.20. The first-order chi connectivity index (χ1) is 13.1. The van der Waals surface area contributed by atoms with Gasteiger partial charge in [-0.2, -0.15) is 0 Å². The van der Waals surface area contributed by atoms with Gasteiger partial charge in [0, 0.05) is 18.7 Å². The fraction of sp³-hybridized carbons (Fsp3) is 0.389. The van der Waals surface area contributed by atoms with Crippen LogP contribution < -0.4 is 16.0 Å². The van der Waals surface area contributed by atoms with E-state index < -0.39 is 26.8 Å². The van der Waals surface area contributed by atoms with Crippen molar-refractivity contribution in [1.82, 2.24) is 19.0 Å². The summed E-state index contributed by atoms with van der Waals surface area (Å²) >= 11 is 0. The molecule has 0 unspecified atom stereocenters. The van der Waals surface area contributed by atoms with Gasteiger partial charge in [-0.1, -0.05) is 5.16 Å². The number of rotatable bonds is 5. The highest BCUT2D eigenvalue weighted by Gasteiger charge is 2.41. The first-order valence-electron chi connectivity index (χ1n) is 8.79. The van der Waals surface area contributed by atoms with E-state index in [2.05, 4.69) is 9.88 Å². The molecule has 0 spiro atoms. The summed E-state index contributed by atoms with van der Waals surface area (Å²) in [6.07, 6.45) is 1.55. The number of fused-ring (bicyclic) bond motifs is 1. The van der Waals surface area contributed by atoms with E-state index >= 15 is 0 Å². The first kappa shape index (κ1) is 18.6. The molecular formula is C18H20N4O5S. The maximum Gasteiger partial charge on any atom is 0.331 e. The zero-order chi connectivity index (χ0) is 20.3. The molecule has 0 bridgehead atoms. The smallest absolute Gasteiger partial charge is 0.331 e. The minimum Gasteiger partial charge on any atom is -0.359 e. The van der Waals surface area contributed by atoms with Crippen molar-refractivity contribution in [2.24, 2.45) is 7.05 Å². The van der Waals surface area contributed by atoms with Crippen LogP contribution in [0.25, 0.3) is 10.9 Å². The minimum atomic E-state index is -3.77. The van der Waals surface area contributed by atoms with E-state index in [1.165, 1.54) is 29.8 Å². The summed E-state index contributed by atoms with van der Waals surface area (Å²) in [5.41, 5.74) is -0.542. The molecule has 2 aromatic heterocycles. The van der Waals surface area contributed by atoms with Crippen LogP contribution in [0, 0.1) is 6.92 Å². The average molecular weight is 404 g/mol. The van der Waals surface area contributed by atoms with Crippen molar-refractivity contribution in [3.8, 4) is 0 Å². The quantitative estimate of drug-likeness (QED) is 0.675. The predicted octanol–water partition coefficient (Wildman–Crippen LogP) is 0.876. The van der Waals surface area contributed by atoms with Crippen molar-refractivity contribution in [2.45, 2.75) is 43.7 Å². The lowest BCUT2D eigenvalue weighted by Crippen LogP contribution is -2.39. The molecule has 4 rings (SSSR count). The number of hydrogen-bond donors (Lipinski definition) is 1. The molecule has 1 aromatic carbocycles. The van der Waals surface area contributed by atoms with E-state index in [0.29, 0.717) is 17.0 Å². The Balaban J connectivity index is 1.86. The molecule has 1 aliphatic rings. The summed E-state index contributed by atoms with van der Waals surface area (Å²) < 4.78 is 35.4. The fourth-order valence-electron chi connectivity index (χ4n) is 3.12. The van der Waals surface area contributed by atoms with Gasteiger partial charge >= 0.3 is 5.69 Å². The van der Waals surface area contributed by atoms with Gasteiger partial charge in [-0.25, -0.2) is 17.9 Å². The van der Waals surface area contributed by atoms with E-state index in [-0.39, 0.29) is 16.8 Å². The number of benzene rings is 1. The Morgan fingerprint density at radius 2 is 1.96 bits per heavy atom. The van der Waals surface area contributed by atoms with Gasteiger partial charge in [0.15, 0.2) is 5.76 Å². The van der Waals surface area contributed by atoms with Crippen molar-refractivity contribution in [2.75, 3.05) is 0 Å². The molecule has 1 fully saturated rings. The molecule has 0 amide bonds. The van der Waals surface area contributed by atoms with Crippen LogP contribution in [0.5, 0.6) is 0 Å². The lowest BCUT2D eigenvalue weighted by atomic mass is 10.2. The van der Waals surface area contributed by atoms with Gasteiger partial charge in [0.05, 0.1) is 28.0 Å². The Labute approximate surface area is 160 Å². The lowest BCUT2D eigenvalue weighted by Gasteiger charge is -2.14. The van der Waals surface area contributed by atoms with Gasteiger partial charge in [0.1, 0.15) is 0 Å². The number of sulfonamides is 1. The van der Waals surface area contributed by atoms with Crippen LogP contribution in [0.15, 0.2) is 43.3 Å². The van der Waals surface area contributed by atoms with Gasteiger partial charge in [-0.05, 0) is 44.9 Å².